The molecule has 1 heterocycles. The molecule has 0 saturated heterocycles. The van der Waals surface area contributed by atoms with Crippen molar-refractivity contribution in [1.82, 2.24) is 9.47 Å². The molecule has 0 aliphatic carbocycles. The Balaban J connectivity index is 1.77. The van der Waals surface area contributed by atoms with Gasteiger partial charge < -0.3 is 14.2 Å². The van der Waals surface area contributed by atoms with Crippen LogP contribution in [0.3, 0.4) is 0 Å². The minimum Gasteiger partial charge on any atom is -0.494 e. The second kappa shape index (κ2) is 9.73. The topological polar surface area (TPSA) is 34.5 Å². The first-order valence-electron chi connectivity index (χ1n) is 11.2. The zero-order chi connectivity index (χ0) is 22.5. The largest absolute Gasteiger partial charge is 0.494 e. The number of aryl methyl sites for hydroxylation is 2. The Morgan fingerprint density at radius 2 is 1.47 bits per heavy atom. The molecule has 0 aliphatic heterocycles. The van der Waals surface area contributed by atoms with Crippen molar-refractivity contribution in [3.05, 3.63) is 101 Å². The van der Waals surface area contributed by atoms with E-state index in [4.69, 9.17) is 4.74 Å². The molecule has 4 nitrogen and oxygen atoms in total. The zero-order valence-corrected chi connectivity index (χ0v) is 19.0. The molecule has 4 heteroatoms. The molecule has 0 fully saturated rings. The van der Waals surface area contributed by atoms with Gasteiger partial charge in [0.2, 0.25) is 0 Å². The first kappa shape index (κ1) is 21.7. The van der Waals surface area contributed by atoms with Crippen molar-refractivity contribution in [1.29, 1.82) is 0 Å². The number of carbonyl (C=O) groups is 1. The van der Waals surface area contributed by atoms with Crippen molar-refractivity contribution in [2.45, 2.75) is 40.4 Å². The predicted molar refractivity (Wildman–Crippen MR) is 130 cm³/mol. The molecule has 164 valence electrons. The van der Waals surface area contributed by atoms with E-state index in [1.807, 2.05) is 61.2 Å². The highest BCUT2D eigenvalue weighted by molar-refractivity contribution is 6.02. The second-order valence-electron chi connectivity index (χ2n) is 7.96. The van der Waals surface area contributed by atoms with Crippen LogP contribution in [-0.4, -0.2) is 22.0 Å². The fraction of sp³-hybridized carbons (Fsp3) is 0.250. The van der Waals surface area contributed by atoms with E-state index < -0.39 is 0 Å². The maximum absolute atomic E-state index is 14.0. The van der Waals surface area contributed by atoms with Gasteiger partial charge in [0.15, 0.2) is 0 Å². The number of fused-ring (bicyclic) bond motifs is 1. The summed E-state index contributed by atoms with van der Waals surface area (Å²) in [5, 5.41) is 1.07. The van der Waals surface area contributed by atoms with Crippen LogP contribution in [0.1, 0.15) is 41.0 Å². The molecule has 0 saturated carbocycles. The molecule has 0 radical (unpaired) electrons. The lowest BCUT2D eigenvalue weighted by Crippen LogP contribution is -2.32. The first-order chi connectivity index (χ1) is 15.6. The van der Waals surface area contributed by atoms with Crippen LogP contribution in [-0.2, 0) is 19.6 Å². The van der Waals surface area contributed by atoms with Crippen LogP contribution in [0.15, 0.2) is 78.9 Å². The Morgan fingerprint density at radius 3 is 2.00 bits per heavy atom. The summed E-state index contributed by atoms with van der Waals surface area (Å²) in [6.45, 7) is 8.57. The summed E-state index contributed by atoms with van der Waals surface area (Å²) in [7, 11) is 0. The van der Waals surface area contributed by atoms with E-state index in [-0.39, 0.29) is 5.91 Å². The highest BCUT2D eigenvalue weighted by atomic mass is 16.5. The monoisotopic (exact) mass is 426 g/mol. The number of hydrogen-bond acceptors (Lipinski definition) is 2. The number of hydrogen-bond donors (Lipinski definition) is 0. The molecule has 1 amide bonds. The number of benzene rings is 3. The van der Waals surface area contributed by atoms with Gasteiger partial charge in [-0.3, -0.25) is 4.79 Å². The van der Waals surface area contributed by atoms with Gasteiger partial charge >= 0.3 is 0 Å². The van der Waals surface area contributed by atoms with Gasteiger partial charge in [0, 0.05) is 30.5 Å². The number of amides is 1. The summed E-state index contributed by atoms with van der Waals surface area (Å²) >= 11 is 0. The predicted octanol–water partition coefficient (Wildman–Crippen LogP) is 6.21. The van der Waals surface area contributed by atoms with Gasteiger partial charge in [-0.05, 0) is 55.7 Å². The van der Waals surface area contributed by atoms with Crippen LogP contribution in [0.2, 0.25) is 0 Å². The van der Waals surface area contributed by atoms with Crippen LogP contribution in [0, 0.1) is 6.92 Å². The van der Waals surface area contributed by atoms with Crippen molar-refractivity contribution < 1.29 is 9.53 Å². The van der Waals surface area contributed by atoms with Crippen molar-refractivity contribution in [3.8, 4) is 5.75 Å². The Kier molecular flexibility index (Phi) is 6.60. The second-order valence-corrected chi connectivity index (χ2v) is 7.96. The Labute approximate surface area is 190 Å². The number of rotatable bonds is 8. The molecule has 0 aliphatic rings. The lowest BCUT2D eigenvalue weighted by atomic mass is 10.1. The lowest BCUT2D eigenvalue weighted by molar-refractivity contribution is 0.0719. The van der Waals surface area contributed by atoms with Gasteiger partial charge in [-0.15, -0.1) is 0 Å². The van der Waals surface area contributed by atoms with E-state index in [0.29, 0.717) is 19.7 Å². The average molecular weight is 427 g/mol. The molecular formula is C28H30N2O2. The highest BCUT2D eigenvalue weighted by Gasteiger charge is 2.25. The molecule has 32 heavy (non-hydrogen) atoms. The van der Waals surface area contributed by atoms with E-state index in [0.717, 1.165) is 45.6 Å². The third-order valence-electron chi connectivity index (χ3n) is 5.84. The third-order valence-corrected chi connectivity index (χ3v) is 5.84. The summed E-state index contributed by atoms with van der Waals surface area (Å²) in [6.07, 6.45) is 0. The van der Waals surface area contributed by atoms with Gasteiger partial charge in [0.25, 0.3) is 5.91 Å². The van der Waals surface area contributed by atoms with Gasteiger partial charge in [0.1, 0.15) is 11.4 Å². The average Bonchev–Trinajstić information content (AvgIpc) is 3.11. The molecule has 3 aromatic carbocycles. The van der Waals surface area contributed by atoms with Gasteiger partial charge in [-0.1, -0.05) is 60.7 Å². The van der Waals surface area contributed by atoms with Crippen LogP contribution >= 0.6 is 0 Å². The zero-order valence-electron chi connectivity index (χ0n) is 19.0. The van der Waals surface area contributed by atoms with Crippen molar-refractivity contribution in [2.75, 3.05) is 6.61 Å². The third kappa shape index (κ3) is 4.40. The Hall–Kier alpha value is -3.53. The van der Waals surface area contributed by atoms with E-state index >= 15 is 0 Å². The normalized spacial score (nSPS) is 11.0. The summed E-state index contributed by atoms with van der Waals surface area (Å²) in [4.78, 5) is 16.0. The van der Waals surface area contributed by atoms with Crippen molar-refractivity contribution in [2.24, 2.45) is 0 Å². The number of aromatic nitrogens is 1. The molecule has 4 rings (SSSR count). The molecule has 0 atom stereocenters. The van der Waals surface area contributed by atoms with Crippen LogP contribution in [0.25, 0.3) is 10.9 Å². The minimum atomic E-state index is 0.0474. The fourth-order valence-corrected chi connectivity index (χ4v) is 4.32. The van der Waals surface area contributed by atoms with Gasteiger partial charge in [-0.25, -0.2) is 0 Å². The molecule has 0 spiro atoms. The number of nitrogens with zero attached hydrogens (tertiary/aromatic N) is 2. The fourth-order valence-electron chi connectivity index (χ4n) is 4.32. The summed E-state index contributed by atoms with van der Waals surface area (Å²) in [5.74, 6) is 0.881. The quantitative estimate of drug-likeness (QED) is 0.336. The molecule has 0 bridgehead atoms. The smallest absolute Gasteiger partial charge is 0.271 e. The van der Waals surface area contributed by atoms with E-state index in [1.54, 1.807) is 0 Å². The molecule has 4 aromatic rings. The summed E-state index contributed by atoms with van der Waals surface area (Å²) < 4.78 is 7.84. The maximum atomic E-state index is 14.0. The van der Waals surface area contributed by atoms with Crippen LogP contribution in [0.4, 0.5) is 0 Å². The van der Waals surface area contributed by atoms with Crippen molar-refractivity contribution >= 4 is 16.8 Å². The Bertz CT molecular complexity index is 1160. The van der Waals surface area contributed by atoms with Gasteiger partial charge in [-0.2, -0.15) is 0 Å². The molecule has 1 aromatic heterocycles. The van der Waals surface area contributed by atoms with E-state index in [1.165, 1.54) is 0 Å². The SMILES string of the molecule is CCOc1ccc2c(c1)c(C)c(C(=O)N(Cc1ccccc1)Cc1ccccc1)n2CC. The van der Waals surface area contributed by atoms with E-state index in [9.17, 15) is 4.79 Å². The van der Waals surface area contributed by atoms with Gasteiger partial charge in [0.05, 0.1) is 6.61 Å². The standard InChI is InChI=1S/C28H30N2O2/c1-4-30-26-17-16-24(32-5-2)18-25(26)21(3)27(30)28(31)29(19-22-12-8-6-9-13-22)20-23-14-10-7-11-15-23/h6-18H,4-5,19-20H2,1-3H3. The summed E-state index contributed by atoms with van der Waals surface area (Å²) in [5.41, 5.74) is 5.05. The van der Waals surface area contributed by atoms with Crippen LogP contribution in [0.5, 0.6) is 5.75 Å². The molecular weight excluding hydrogens is 396 g/mol. The number of ether oxygens (including phenoxy) is 1. The Morgan fingerprint density at radius 1 is 0.875 bits per heavy atom. The minimum absolute atomic E-state index is 0.0474. The number of carbonyl (C=O) groups excluding carboxylic acids is 1. The van der Waals surface area contributed by atoms with E-state index in [2.05, 4.69) is 47.9 Å². The lowest BCUT2D eigenvalue weighted by Gasteiger charge is -2.24. The highest BCUT2D eigenvalue weighted by Crippen LogP contribution is 2.30. The first-order valence-corrected chi connectivity index (χ1v) is 11.2. The molecule has 0 N–H and O–H groups in total. The summed E-state index contributed by atoms with van der Waals surface area (Å²) in [6, 6.07) is 26.5. The molecule has 0 unspecified atom stereocenters. The maximum Gasteiger partial charge on any atom is 0.271 e. The van der Waals surface area contributed by atoms with Crippen molar-refractivity contribution in [3.63, 3.8) is 0 Å². The van der Waals surface area contributed by atoms with Crippen LogP contribution < -0.4 is 4.74 Å².